The molecule has 1 N–H and O–H groups in total. The Hall–Kier alpha value is -3.42. The molecule has 2 aromatic heterocycles. The van der Waals surface area contributed by atoms with E-state index >= 15 is 0 Å². The Morgan fingerprint density at radius 3 is 2.64 bits per heavy atom. The summed E-state index contributed by atoms with van der Waals surface area (Å²) in [6, 6.07) is 11.1. The van der Waals surface area contributed by atoms with Gasteiger partial charge in [-0.3, -0.25) is 19.5 Å². The van der Waals surface area contributed by atoms with Crippen LogP contribution < -0.4 is 5.56 Å². The third-order valence-electron chi connectivity index (χ3n) is 7.16. The summed E-state index contributed by atoms with van der Waals surface area (Å²) in [5, 5.41) is 3.24. The zero-order chi connectivity index (χ0) is 22.5. The number of likely N-dealkylation sites (tertiary alicyclic amines) is 1. The van der Waals surface area contributed by atoms with E-state index in [9.17, 15) is 14.4 Å². The summed E-state index contributed by atoms with van der Waals surface area (Å²) >= 11 is 0. The van der Waals surface area contributed by atoms with Crippen molar-refractivity contribution in [3.63, 3.8) is 0 Å². The van der Waals surface area contributed by atoms with Gasteiger partial charge in [-0.15, -0.1) is 0 Å². The van der Waals surface area contributed by atoms with Crippen molar-refractivity contribution in [2.24, 2.45) is 5.92 Å². The van der Waals surface area contributed by atoms with Crippen LogP contribution in [-0.4, -0.2) is 49.3 Å². The van der Waals surface area contributed by atoms with E-state index in [0.29, 0.717) is 42.8 Å². The lowest BCUT2D eigenvalue weighted by molar-refractivity contribution is -0.133. The van der Waals surface area contributed by atoms with Gasteiger partial charge in [0.15, 0.2) is 5.65 Å². The topological polar surface area (TPSA) is 90.8 Å². The van der Waals surface area contributed by atoms with Crippen LogP contribution in [-0.2, 0) is 17.8 Å². The average Bonchev–Trinajstić information content (AvgIpc) is 3.63. The van der Waals surface area contributed by atoms with Gasteiger partial charge in [-0.25, -0.2) is 9.50 Å². The van der Waals surface area contributed by atoms with Crippen LogP contribution in [0.15, 0.2) is 41.2 Å². The molecular formula is C25H27N5O3. The predicted octanol–water partition coefficient (Wildman–Crippen LogP) is 2.68. The normalized spacial score (nSPS) is 20.7. The van der Waals surface area contributed by atoms with Gasteiger partial charge in [-0.1, -0.05) is 18.2 Å². The second-order valence-electron chi connectivity index (χ2n) is 9.41. The predicted molar refractivity (Wildman–Crippen MR) is 122 cm³/mol. The van der Waals surface area contributed by atoms with Crippen LogP contribution in [0, 0.1) is 5.92 Å². The van der Waals surface area contributed by atoms with Crippen LogP contribution in [0.3, 0.4) is 0 Å². The largest absolute Gasteiger partial charge is 0.337 e. The minimum absolute atomic E-state index is 0.00721. The second-order valence-corrected chi connectivity index (χ2v) is 9.41. The summed E-state index contributed by atoms with van der Waals surface area (Å²) in [5.41, 5.74) is 3.32. The summed E-state index contributed by atoms with van der Waals surface area (Å²) in [4.78, 5) is 47.6. The van der Waals surface area contributed by atoms with E-state index in [1.807, 2.05) is 41.3 Å². The summed E-state index contributed by atoms with van der Waals surface area (Å²) in [5.74, 6) is 0.310. The van der Waals surface area contributed by atoms with Crippen molar-refractivity contribution in [3.05, 3.63) is 69.3 Å². The molecule has 1 atom stereocenters. The van der Waals surface area contributed by atoms with Crippen molar-refractivity contribution in [3.8, 4) is 0 Å². The number of carbonyl (C=O) groups excluding carboxylic acids is 2. The smallest absolute Gasteiger partial charge is 0.277 e. The minimum Gasteiger partial charge on any atom is -0.337 e. The fourth-order valence-electron chi connectivity index (χ4n) is 5.19. The van der Waals surface area contributed by atoms with E-state index in [4.69, 9.17) is 4.98 Å². The molecule has 2 fully saturated rings. The van der Waals surface area contributed by atoms with Crippen LogP contribution in [0.25, 0.3) is 5.65 Å². The summed E-state index contributed by atoms with van der Waals surface area (Å²) in [7, 11) is 0. The van der Waals surface area contributed by atoms with Gasteiger partial charge >= 0.3 is 0 Å². The third-order valence-corrected chi connectivity index (χ3v) is 7.16. The lowest BCUT2D eigenvalue weighted by Crippen LogP contribution is -2.41. The Morgan fingerprint density at radius 1 is 1.03 bits per heavy atom. The number of nitrogens with one attached hydrogen (secondary N) is 1. The van der Waals surface area contributed by atoms with Gasteiger partial charge in [0.05, 0.1) is 29.5 Å². The Balaban J connectivity index is 1.34. The molecule has 1 aliphatic carbocycles. The lowest BCUT2D eigenvalue weighted by atomic mass is 9.98. The maximum atomic E-state index is 13.3. The molecule has 2 aliphatic heterocycles. The van der Waals surface area contributed by atoms with Crippen molar-refractivity contribution in [2.45, 2.75) is 51.1 Å². The zero-order valence-electron chi connectivity index (χ0n) is 18.5. The van der Waals surface area contributed by atoms with Crippen molar-refractivity contribution < 1.29 is 9.59 Å². The van der Waals surface area contributed by atoms with Gasteiger partial charge in [0.2, 0.25) is 5.91 Å². The van der Waals surface area contributed by atoms with Gasteiger partial charge in [0.1, 0.15) is 0 Å². The molecule has 3 aromatic rings. The fraction of sp³-hybridized carbons (Fsp3) is 0.440. The molecule has 3 aliphatic rings. The number of fused-ring (bicyclic) bond motifs is 2. The first-order chi connectivity index (χ1) is 16.1. The third kappa shape index (κ3) is 3.53. The SMILES string of the molecule is O=C(C1CC1)N1CCc2nc3cc(C4CCCCN4C(=O)c4ccccc4)[nH]n3c(=O)c2C1. The molecular weight excluding hydrogens is 418 g/mol. The second kappa shape index (κ2) is 7.86. The highest BCUT2D eigenvalue weighted by atomic mass is 16.2. The molecule has 170 valence electrons. The molecule has 4 heterocycles. The first-order valence-electron chi connectivity index (χ1n) is 11.9. The van der Waals surface area contributed by atoms with E-state index in [1.165, 1.54) is 4.52 Å². The highest BCUT2D eigenvalue weighted by molar-refractivity contribution is 5.94. The molecule has 2 amide bonds. The van der Waals surface area contributed by atoms with Crippen LogP contribution in [0.5, 0.6) is 0 Å². The molecule has 1 saturated heterocycles. The van der Waals surface area contributed by atoms with Gasteiger partial charge in [0.25, 0.3) is 11.5 Å². The van der Waals surface area contributed by atoms with Crippen molar-refractivity contribution in [2.75, 3.05) is 13.1 Å². The minimum atomic E-state index is -0.147. The number of rotatable bonds is 3. The quantitative estimate of drug-likeness (QED) is 0.671. The van der Waals surface area contributed by atoms with Crippen LogP contribution in [0.4, 0.5) is 0 Å². The highest BCUT2D eigenvalue weighted by Crippen LogP contribution is 2.33. The van der Waals surface area contributed by atoms with E-state index in [1.54, 1.807) is 4.90 Å². The number of piperidine rings is 1. The number of benzene rings is 1. The molecule has 1 aromatic carbocycles. The van der Waals surface area contributed by atoms with Gasteiger partial charge in [0, 0.05) is 37.1 Å². The zero-order valence-corrected chi connectivity index (χ0v) is 18.5. The maximum absolute atomic E-state index is 13.3. The summed E-state index contributed by atoms with van der Waals surface area (Å²) in [6.07, 6.45) is 5.34. The van der Waals surface area contributed by atoms with Crippen molar-refractivity contribution in [1.29, 1.82) is 0 Å². The number of aromatic amines is 1. The molecule has 0 bridgehead atoms. The number of aromatic nitrogens is 3. The first kappa shape index (κ1) is 20.2. The number of hydrogen-bond donors (Lipinski definition) is 1. The van der Waals surface area contributed by atoms with E-state index < -0.39 is 0 Å². The average molecular weight is 446 g/mol. The van der Waals surface area contributed by atoms with Crippen LogP contribution in [0.1, 0.15) is 65.5 Å². The molecule has 8 heteroatoms. The highest BCUT2D eigenvalue weighted by Gasteiger charge is 2.36. The Bertz CT molecular complexity index is 1290. The van der Waals surface area contributed by atoms with Gasteiger partial charge in [-0.2, -0.15) is 0 Å². The number of amides is 2. The first-order valence-corrected chi connectivity index (χ1v) is 11.9. The molecule has 1 saturated carbocycles. The molecule has 1 unspecified atom stereocenters. The Kier molecular flexibility index (Phi) is 4.81. The molecule has 8 nitrogen and oxygen atoms in total. The van der Waals surface area contributed by atoms with Crippen molar-refractivity contribution >= 4 is 17.5 Å². The molecule has 0 radical (unpaired) electrons. The number of hydrogen-bond acceptors (Lipinski definition) is 4. The van der Waals surface area contributed by atoms with E-state index in [2.05, 4.69) is 5.10 Å². The standard InChI is InChI=1S/C25H27N5O3/c31-23(17-9-10-17)28-13-11-19-18(15-28)25(33)30-22(26-19)14-20(27-30)21-8-4-5-12-29(21)24(32)16-6-2-1-3-7-16/h1-3,6-7,14,17,21,27H,4-5,8-13,15H2. The fourth-order valence-corrected chi connectivity index (χ4v) is 5.19. The molecule has 0 spiro atoms. The molecule has 6 rings (SSSR count). The van der Waals surface area contributed by atoms with Gasteiger partial charge < -0.3 is 9.80 Å². The van der Waals surface area contributed by atoms with Crippen LogP contribution in [0.2, 0.25) is 0 Å². The maximum Gasteiger partial charge on any atom is 0.277 e. The lowest BCUT2D eigenvalue weighted by Gasteiger charge is -2.35. The summed E-state index contributed by atoms with van der Waals surface area (Å²) < 4.78 is 1.49. The molecule has 33 heavy (non-hydrogen) atoms. The Morgan fingerprint density at radius 2 is 1.85 bits per heavy atom. The van der Waals surface area contributed by atoms with Crippen molar-refractivity contribution in [1.82, 2.24) is 24.4 Å². The Labute approximate surface area is 191 Å². The number of carbonyl (C=O) groups is 2. The van der Waals surface area contributed by atoms with Crippen LogP contribution >= 0.6 is 0 Å². The van der Waals surface area contributed by atoms with E-state index in [0.717, 1.165) is 43.5 Å². The number of nitrogens with zero attached hydrogens (tertiary/aromatic N) is 4. The monoisotopic (exact) mass is 445 g/mol. The van der Waals surface area contributed by atoms with E-state index in [-0.39, 0.29) is 29.3 Å². The summed E-state index contributed by atoms with van der Waals surface area (Å²) in [6.45, 7) is 1.63. The number of H-pyrrole nitrogens is 1. The van der Waals surface area contributed by atoms with Gasteiger partial charge in [-0.05, 0) is 44.2 Å².